The number of oxazole rings is 1. The number of rotatable bonds is 6. The fourth-order valence-electron chi connectivity index (χ4n) is 3.91. The zero-order chi connectivity index (χ0) is 21.8. The van der Waals surface area contributed by atoms with E-state index in [0.717, 1.165) is 36.3 Å². The Morgan fingerprint density at radius 2 is 2.13 bits per heavy atom. The molecular weight excluding hydrogens is 396 g/mol. The molecule has 3 aromatic rings. The van der Waals surface area contributed by atoms with E-state index >= 15 is 0 Å². The van der Waals surface area contributed by atoms with E-state index in [2.05, 4.69) is 10.1 Å². The Bertz CT molecular complexity index is 1120. The SMILES string of the molecule is COc1cccc(Cc2cnc(C3CCCCN3C(=O)Cn3nc(C)ccc3=O)o2)c1. The summed E-state index contributed by atoms with van der Waals surface area (Å²) in [7, 11) is 1.64. The number of carbonyl (C=O) groups excluding carboxylic acids is 1. The maximum atomic E-state index is 13.0. The van der Waals surface area contributed by atoms with Crippen LogP contribution in [0.1, 0.15) is 48.2 Å². The molecule has 8 heteroatoms. The predicted octanol–water partition coefficient (Wildman–Crippen LogP) is 2.89. The van der Waals surface area contributed by atoms with Gasteiger partial charge in [0.05, 0.1) is 19.0 Å². The zero-order valence-electron chi connectivity index (χ0n) is 17.8. The molecule has 0 N–H and O–H groups in total. The van der Waals surface area contributed by atoms with Gasteiger partial charge in [0.25, 0.3) is 5.56 Å². The molecule has 1 aromatic carbocycles. The van der Waals surface area contributed by atoms with E-state index in [1.807, 2.05) is 24.3 Å². The number of likely N-dealkylation sites (tertiary alicyclic amines) is 1. The largest absolute Gasteiger partial charge is 0.497 e. The summed E-state index contributed by atoms with van der Waals surface area (Å²) in [5, 5.41) is 4.18. The normalized spacial score (nSPS) is 16.3. The minimum Gasteiger partial charge on any atom is -0.497 e. The molecule has 1 saturated heterocycles. The van der Waals surface area contributed by atoms with Crippen molar-refractivity contribution in [1.29, 1.82) is 0 Å². The Morgan fingerprint density at radius 1 is 1.26 bits per heavy atom. The highest BCUT2D eigenvalue weighted by Crippen LogP contribution is 2.31. The first-order valence-electron chi connectivity index (χ1n) is 10.5. The van der Waals surface area contributed by atoms with Gasteiger partial charge in [0.15, 0.2) is 0 Å². The average molecular weight is 422 g/mol. The lowest BCUT2D eigenvalue weighted by molar-refractivity contribution is -0.136. The molecular formula is C23H26N4O4. The monoisotopic (exact) mass is 422 g/mol. The van der Waals surface area contributed by atoms with Crippen LogP contribution in [0, 0.1) is 6.92 Å². The van der Waals surface area contributed by atoms with Crippen LogP contribution in [0.15, 0.2) is 51.8 Å². The Morgan fingerprint density at radius 3 is 2.97 bits per heavy atom. The van der Waals surface area contributed by atoms with Crippen LogP contribution < -0.4 is 10.3 Å². The van der Waals surface area contributed by atoms with E-state index in [0.29, 0.717) is 24.6 Å². The van der Waals surface area contributed by atoms with Crippen LogP contribution in [0.4, 0.5) is 0 Å². The van der Waals surface area contributed by atoms with Gasteiger partial charge in [0.1, 0.15) is 24.1 Å². The second-order valence-corrected chi connectivity index (χ2v) is 7.76. The van der Waals surface area contributed by atoms with E-state index in [9.17, 15) is 9.59 Å². The van der Waals surface area contributed by atoms with Crippen molar-refractivity contribution >= 4 is 5.91 Å². The Labute approximate surface area is 180 Å². The van der Waals surface area contributed by atoms with Crippen LogP contribution in [0.5, 0.6) is 5.75 Å². The summed E-state index contributed by atoms with van der Waals surface area (Å²) in [6, 6.07) is 10.6. The van der Waals surface area contributed by atoms with Crippen LogP contribution in [-0.4, -0.2) is 39.2 Å². The van der Waals surface area contributed by atoms with E-state index in [1.165, 1.54) is 10.7 Å². The molecule has 0 saturated carbocycles. The van der Waals surface area contributed by atoms with Gasteiger partial charge in [-0.3, -0.25) is 9.59 Å². The highest BCUT2D eigenvalue weighted by atomic mass is 16.5. The van der Waals surface area contributed by atoms with E-state index in [1.54, 1.807) is 31.2 Å². The molecule has 1 aliphatic heterocycles. The van der Waals surface area contributed by atoms with Crippen LogP contribution in [0.25, 0.3) is 0 Å². The fourth-order valence-corrected chi connectivity index (χ4v) is 3.91. The minimum absolute atomic E-state index is 0.0889. The first-order chi connectivity index (χ1) is 15.0. The zero-order valence-corrected chi connectivity index (χ0v) is 17.8. The number of carbonyl (C=O) groups is 1. The highest BCUT2D eigenvalue weighted by molar-refractivity contribution is 5.76. The molecule has 0 bridgehead atoms. The van der Waals surface area contributed by atoms with E-state index < -0.39 is 0 Å². The van der Waals surface area contributed by atoms with Crippen molar-refractivity contribution in [3.8, 4) is 5.75 Å². The summed E-state index contributed by atoms with van der Waals surface area (Å²) in [5.74, 6) is 1.91. The summed E-state index contributed by atoms with van der Waals surface area (Å²) in [5.41, 5.74) is 1.46. The predicted molar refractivity (Wildman–Crippen MR) is 114 cm³/mol. The molecule has 4 rings (SSSR count). The molecule has 0 radical (unpaired) electrons. The van der Waals surface area contributed by atoms with Crippen LogP contribution in [0.2, 0.25) is 0 Å². The third-order valence-corrected chi connectivity index (χ3v) is 5.48. The molecule has 0 spiro atoms. The Kier molecular flexibility index (Phi) is 6.16. The summed E-state index contributed by atoms with van der Waals surface area (Å²) in [6.45, 7) is 2.31. The van der Waals surface area contributed by atoms with Gasteiger partial charge in [0, 0.05) is 19.0 Å². The minimum atomic E-state index is -0.288. The van der Waals surface area contributed by atoms with E-state index in [4.69, 9.17) is 9.15 Å². The fraction of sp³-hybridized carbons (Fsp3) is 0.391. The first-order valence-corrected chi connectivity index (χ1v) is 10.5. The summed E-state index contributed by atoms with van der Waals surface area (Å²) in [4.78, 5) is 31.3. The molecule has 1 amide bonds. The van der Waals surface area contributed by atoms with Crippen molar-refractivity contribution in [2.75, 3.05) is 13.7 Å². The molecule has 1 unspecified atom stereocenters. The summed E-state index contributed by atoms with van der Waals surface area (Å²) in [6.07, 6.45) is 4.99. The van der Waals surface area contributed by atoms with E-state index in [-0.39, 0.29) is 24.1 Å². The third kappa shape index (κ3) is 4.84. The standard InChI is InChI=1S/C23H26N4O4/c1-16-9-10-21(28)27(25-16)15-22(29)26-11-4-3-8-20(26)23-24-14-19(31-23)13-17-6-5-7-18(12-17)30-2/h5-7,9-10,12,14,20H,3-4,8,11,13,15H2,1-2H3. The number of piperidine rings is 1. The van der Waals surface area contributed by atoms with Gasteiger partial charge in [-0.1, -0.05) is 12.1 Å². The van der Waals surface area contributed by atoms with Gasteiger partial charge >= 0.3 is 0 Å². The third-order valence-electron chi connectivity index (χ3n) is 5.48. The van der Waals surface area contributed by atoms with Gasteiger partial charge in [-0.15, -0.1) is 0 Å². The van der Waals surface area contributed by atoms with Crippen LogP contribution in [-0.2, 0) is 17.8 Å². The number of aromatic nitrogens is 3. The number of nitrogens with zero attached hydrogens (tertiary/aromatic N) is 4. The molecule has 0 aliphatic carbocycles. The lowest BCUT2D eigenvalue weighted by Crippen LogP contribution is -2.42. The molecule has 1 atom stereocenters. The Hall–Kier alpha value is -3.42. The van der Waals surface area contributed by atoms with Crippen molar-refractivity contribution in [3.63, 3.8) is 0 Å². The number of ether oxygens (including phenoxy) is 1. The quantitative estimate of drug-likeness (QED) is 0.607. The first kappa shape index (κ1) is 20.8. The van der Waals surface area contributed by atoms with Gasteiger partial charge < -0.3 is 14.1 Å². The van der Waals surface area contributed by atoms with Crippen LogP contribution >= 0.6 is 0 Å². The molecule has 1 aliphatic rings. The van der Waals surface area contributed by atoms with Crippen molar-refractivity contribution in [1.82, 2.24) is 19.7 Å². The van der Waals surface area contributed by atoms with Crippen LogP contribution in [0.3, 0.4) is 0 Å². The van der Waals surface area contributed by atoms with Gasteiger partial charge in [-0.2, -0.15) is 5.10 Å². The highest BCUT2D eigenvalue weighted by Gasteiger charge is 2.31. The molecule has 8 nitrogen and oxygen atoms in total. The summed E-state index contributed by atoms with van der Waals surface area (Å²) < 4.78 is 12.5. The summed E-state index contributed by atoms with van der Waals surface area (Å²) >= 11 is 0. The number of methoxy groups -OCH3 is 1. The van der Waals surface area contributed by atoms with Gasteiger partial charge in [0.2, 0.25) is 11.8 Å². The maximum Gasteiger partial charge on any atom is 0.267 e. The number of hydrogen-bond acceptors (Lipinski definition) is 6. The molecule has 1 fully saturated rings. The topological polar surface area (TPSA) is 90.5 Å². The van der Waals surface area contributed by atoms with Crippen molar-refractivity contribution in [2.24, 2.45) is 0 Å². The molecule has 2 aromatic heterocycles. The smallest absolute Gasteiger partial charge is 0.267 e. The molecule has 3 heterocycles. The van der Waals surface area contributed by atoms with Gasteiger partial charge in [-0.05, 0) is 49.9 Å². The van der Waals surface area contributed by atoms with Crippen molar-refractivity contribution < 1.29 is 13.9 Å². The second kappa shape index (κ2) is 9.16. The lowest BCUT2D eigenvalue weighted by Gasteiger charge is -2.33. The Balaban J connectivity index is 1.50. The van der Waals surface area contributed by atoms with Crippen molar-refractivity contribution in [3.05, 3.63) is 75.9 Å². The molecule has 31 heavy (non-hydrogen) atoms. The maximum absolute atomic E-state index is 13.0. The average Bonchev–Trinajstić information content (AvgIpc) is 3.24. The van der Waals surface area contributed by atoms with Crippen molar-refractivity contribution in [2.45, 2.75) is 45.2 Å². The lowest BCUT2D eigenvalue weighted by atomic mass is 10.0. The second-order valence-electron chi connectivity index (χ2n) is 7.76. The number of benzene rings is 1. The number of hydrogen-bond donors (Lipinski definition) is 0. The number of amides is 1. The molecule has 162 valence electrons. The number of aryl methyl sites for hydroxylation is 1. The van der Waals surface area contributed by atoms with Gasteiger partial charge in [-0.25, -0.2) is 9.67 Å².